The Labute approximate surface area is 137 Å². The topological polar surface area (TPSA) is 126 Å². The van der Waals surface area contributed by atoms with Gasteiger partial charge in [0.1, 0.15) is 0 Å². The van der Waals surface area contributed by atoms with Crippen LogP contribution in [0.15, 0.2) is 29.3 Å². The molecular weight excluding hydrogens is 316 g/mol. The summed E-state index contributed by atoms with van der Waals surface area (Å²) in [5.41, 5.74) is 13.0. The molecule has 2 rings (SSSR count). The van der Waals surface area contributed by atoms with Crippen LogP contribution in [0.2, 0.25) is 0 Å². The van der Waals surface area contributed by atoms with Gasteiger partial charge in [0.2, 0.25) is 10.0 Å². The molecule has 1 unspecified atom stereocenters. The molecule has 0 bridgehead atoms. The van der Waals surface area contributed by atoms with Crippen LogP contribution in [0.5, 0.6) is 0 Å². The average Bonchev–Trinajstić information content (AvgIpc) is 2.46. The van der Waals surface area contributed by atoms with E-state index in [1.54, 1.807) is 24.3 Å². The Bertz CT molecular complexity index is 655. The normalized spacial score (nSPS) is 18.4. The third-order valence-electron chi connectivity index (χ3n) is 3.47. The molecule has 0 radical (unpaired) electrons. The summed E-state index contributed by atoms with van der Waals surface area (Å²) in [6.07, 6.45) is 4.09. The van der Waals surface area contributed by atoms with Gasteiger partial charge in [0.05, 0.1) is 11.9 Å². The number of nitrogens with two attached hydrogens (primary N) is 2. The van der Waals surface area contributed by atoms with E-state index in [2.05, 4.69) is 19.9 Å². The lowest BCUT2D eigenvalue weighted by Gasteiger charge is -2.29. The fraction of sp³-hybridized carbons (Fsp3) is 0.500. The molecule has 23 heavy (non-hydrogen) atoms. The second-order valence-electron chi connectivity index (χ2n) is 5.60. The predicted octanol–water partition coefficient (Wildman–Crippen LogP) is 0.513. The fourth-order valence-corrected chi connectivity index (χ4v) is 3.02. The molecule has 9 heteroatoms. The molecule has 6 N–H and O–H groups in total. The zero-order valence-corrected chi connectivity index (χ0v) is 14.0. The van der Waals surface area contributed by atoms with Crippen molar-refractivity contribution >= 4 is 27.4 Å². The maximum absolute atomic E-state index is 11.3. The smallest absolute Gasteiger partial charge is 0.229 e. The molecule has 8 nitrogen and oxygen atoms in total. The van der Waals surface area contributed by atoms with Crippen LogP contribution in [-0.2, 0) is 10.0 Å². The minimum atomic E-state index is -3.32. The molecule has 1 fully saturated rings. The van der Waals surface area contributed by atoms with Crippen molar-refractivity contribution < 1.29 is 8.42 Å². The lowest BCUT2D eigenvalue weighted by atomic mass is 10.1. The van der Waals surface area contributed by atoms with Crippen LogP contribution in [0.25, 0.3) is 0 Å². The molecule has 1 atom stereocenters. The highest BCUT2D eigenvalue weighted by atomic mass is 32.2. The Morgan fingerprint density at radius 2 is 1.91 bits per heavy atom. The van der Waals surface area contributed by atoms with Crippen molar-refractivity contribution in [1.29, 1.82) is 0 Å². The van der Waals surface area contributed by atoms with Gasteiger partial charge in [0.15, 0.2) is 12.2 Å². The monoisotopic (exact) mass is 340 g/mol. The molecule has 1 aliphatic heterocycles. The average molecular weight is 340 g/mol. The van der Waals surface area contributed by atoms with E-state index in [9.17, 15) is 8.42 Å². The molecule has 1 saturated heterocycles. The molecule has 0 amide bonds. The van der Waals surface area contributed by atoms with Gasteiger partial charge in [-0.15, -0.1) is 0 Å². The number of rotatable bonds is 5. The van der Waals surface area contributed by atoms with Crippen LogP contribution in [0.3, 0.4) is 0 Å². The first-order valence-electron chi connectivity index (χ1n) is 7.51. The first-order valence-corrected chi connectivity index (χ1v) is 9.40. The Morgan fingerprint density at radius 1 is 1.26 bits per heavy atom. The number of anilines is 2. The first-order chi connectivity index (χ1) is 10.8. The lowest BCUT2D eigenvalue weighted by Crippen LogP contribution is -2.45. The maximum atomic E-state index is 11.3. The Hall–Kier alpha value is -1.84. The quantitative estimate of drug-likeness (QED) is 0.457. The van der Waals surface area contributed by atoms with E-state index in [0.717, 1.165) is 32.2 Å². The summed E-state index contributed by atoms with van der Waals surface area (Å²) in [6, 6.07) is 6.77. The number of likely N-dealkylation sites (tertiary alicyclic amines) is 1. The van der Waals surface area contributed by atoms with Gasteiger partial charge in [-0.1, -0.05) is 12.5 Å². The van der Waals surface area contributed by atoms with E-state index in [0.29, 0.717) is 11.4 Å². The summed E-state index contributed by atoms with van der Waals surface area (Å²) in [7, 11) is -3.32. The maximum Gasteiger partial charge on any atom is 0.229 e. The van der Waals surface area contributed by atoms with Crippen molar-refractivity contribution in [1.82, 2.24) is 4.90 Å². The highest BCUT2D eigenvalue weighted by Gasteiger charge is 2.16. The van der Waals surface area contributed by atoms with Gasteiger partial charge in [-0.05, 0) is 31.0 Å². The summed E-state index contributed by atoms with van der Waals surface area (Å²) in [5, 5.41) is 2.92. The summed E-state index contributed by atoms with van der Waals surface area (Å²) in [6.45, 7) is 1.84. The zero-order chi connectivity index (χ0) is 16.9. The highest BCUT2D eigenvalue weighted by molar-refractivity contribution is 7.92. The Kier molecular flexibility index (Phi) is 5.80. The zero-order valence-electron chi connectivity index (χ0n) is 13.2. The molecule has 128 valence electrons. The molecule has 0 aliphatic carbocycles. The Balaban J connectivity index is 2.00. The van der Waals surface area contributed by atoms with Crippen LogP contribution >= 0.6 is 0 Å². The number of hydrogen-bond acceptors (Lipinski definition) is 5. The summed E-state index contributed by atoms with van der Waals surface area (Å²) >= 11 is 0. The van der Waals surface area contributed by atoms with Gasteiger partial charge in [0, 0.05) is 18.8 Å². The summed E-state index contributed by atoms with van der Waals surface area (Å²) in [5.74, 6) is 0.194. The third kappa shape index (κ3) is 6.05. The van der Waals surface area contributed by atoms with Gasteiger partial charge in [-0.3, -0.25) is 15.4 Å². The standard InChI is InChI=1S/C14H24N6O2S/c1-23(21,22)19-12-7-5-6-11(10-12)17-13(15)18-14(16)20-8-3-2-4-9-20/h5-7,10,14,19H,2-4,8-9,16H2,1H3,(H3,15,17,18). The molecule has 1 aromatic carbocycles. The molecule has 1 heterocycles. The van der Waals surface area contributed by atoms with Gasteiger partial charge in [-0.25, -0.2) is 13.4 Å². The SMILES string of the molecule is CS(=O)(=O)Nc1cccc(NC(N)=NC(N)N2CCCCC2)c1. The summed E-state index contributed by atoms with van der Waals surface area (Å²) in [4.78, 5) is 6.33. The second kappa shape index (κ2) is 7.62. The van der Waals surface area contributed by atoms with Crippen molar-refractivity contribution in [2.45, 2.75) is 25.6 Å². The van der Waals surface area contributed by atoms with E-state index in [4.69, 9.17) is 11.5 Å². The van der Waals surface area contributed by atoms with Gasteiger partial charge < -0.3 is 11.1 Å². The molecule has 0 aromatic heterocycles. The van der Waals surface area contributed by atoms with Crippen molar-refractivity contribution in [3.63, 3.8) is 0 Å². The van der Waals surface area contributed by atoms with E-state index in [-0.39, 0.29) is 5.96 Å². The minimum Gasteiger partial charge on any atom is -0.370 e. The van der Waals surface area contributed by atoms with Crippen molar-refractivity contribution in [2.75, 3.05) is 29.4 Å². The number of nitrogens with zero attached hydrogens (tertiary/aromatic N) is 2. The van der Waals surface area contributed by atoms with E-state index >= 15 is 0 Å². The molecule has 0 saturated carbocycles. The van der Waals surface area contributed by atoms with Crippen LogP contribution < -0.4 is 21.5 Å². The third-order valence-corrected chi connectivity index (χ3v) is 4.08. The van der Waals surface area contributed by atoms with Crippen LogP contribution in [0, 0.1) is 0 Å². The van der Waals surface area contributed by atoms with E-state index in [1.807, 2.05) is 0 Å². The number of sulfonamides is 1. The molecular formula is C14H24N6O2S. The molecule has 1 aliphatic rings. The number of hydrogen-bond donors (Lipinski definition) is 4. The number of piperidine rings is 1. The van der Waals surface area contributed by atoms with Crippen LogP contribution in [0.1, 0.15) is 19.3 Å². The van der Waals surface area contributed by atoms with Crippen molar-refractivity contribution in [3.05, 3.63) is 24.3 Å². The van der Waals surface area contributed by atoms with Crippen molar-refractivity contribution in [3.8, 4) is 0 Å². The Morgan fingerprint density at radius 3 is 2.57 bits per heavy atom. The lowest BCUT2D eigenvalue weighted by molar-refractivity contribution is 0.171. The van der Waals surface area contributed by atoms with Gasteiger partial charge in [0.25, 0.3) is 0 Å². The fourth-order valence-electron chi connectivity index (χ4n) is 2.46. The number of nitrogens with one attached hydrogen (secondary N) is 2. The highest BCUT2D eigenvalue weighted by Crippen LogP contribution is 2.16. The predicted molar refractivity (Wildman–Crippen MR) is 93.6 cm³/mol. The van der Waals surface area contributed by atoms with E-state index in [1.165, 1.54) is 6.42 Å². The van der Waals surface area contributed by atoms with Gasteiger partial charge >= 0.3 is 0 Å². The second-order valence-corrected chi connectivity index (χ2v) is 7.35. The number of aliphatic imine (C=N–C) groups is 1. The van der Waals surface area contributed by atoms with Crippen LogP contribution in [0.4, 0.5) is 11.4 Å². The largest absolute Gasteiger partial charge is 0.370 e. The van der Waals surface area contributed by atoms with Crippen LogP contribution in [-0.4, -0.2) is 44.9 Å². The summed E-state index contributed by atoms with van der Waals surface area (Å²) < 4.78 is 24.9. The van der Waals surface area contributed by atoms with Gasteiger partial charge in [-0.2, -0.15) is 0 Å². The molecule has 1 aromatic rings. The number of benzene rings is 1. The van der Waals surface area contributed by atoms with Crippen molar-refractivity contribution in [2.24, 2.45) is 16.5 Å². The first kappa shape index (κ1) is 17.5. The minimum absolute atomic E-state index is 0.194. The number of guanidine groups is 1. The molecule has 0 spiro atoms. The van der Waals surface area contributed by atoms with E-state index < -0.39 is 16.3 Å².